The number of hydrogen-bond acceptors (Lipinski definition) is 4. The lowest BCUT2D eigenvalue weighted by molar-refractivity contribution is 0.0107. The average molecular weight is 358 g/mol. The predicted octanol–water partition coefficient (Wildman–Crippen LogP) is 4.98. The molecule has 4 aliphatic rings. The number of anilines is 2. The molecule has 4 bridgehead atoms. The molecule has 4 saturated carbocycles. The van der Waals surface area contributed by atoms with Crippen molar-refractivity contribution in [1.29, 1.82) is 0 Å². The predicted molar refractivity (Wildman–Crippen MR) is 102 cm³/mol. The van der Waals surface area contributed by atoms with Crippen LogP contribution in [0.4, 0.5) is 16.2 Å². The van der Waals surface area contributed by atoms with Crippen LogP contribution in [0.5, 0.6) is 0 Å². The summed E-state index contributed by atoms with van der Waals surface area (Å²) in [5, 5.41) is 5.12. The summed E-state index contributed by atoms with van der Waals surface area (Å²) in [6, 6.07) is 7.96. The fourth-order valence-corrected chi connectivity index (χ4v) is 5.82. The molecule has 5 rings (SSSR count). The molecule has 1 N–H and O–H groups in total. The van der Waals surface area contributed by atoms with Crippen molar-refractivity contribution >= 4 is 17.5 Å². The van der Waals surface area contributed by atoms with Crippen LogP contribution >= 0.6 is 0 Å². The van der Waals surface area contributed by atoms with Gasteiger partial charge in [0.2, 0.25) is 0 Å². The van der Waals surface area contributed by atoms with Crippen molar-refractivity contribution in [3.63, 3.8) is 0 Å². The number of benzene rings is 1. The fraction of sp³-hybridized carbons (Fsp3) is 0.667. The molecule has 0 spiro atoms. The molecule has 4 fully saturated rings. The summed E-state index contributed by atoms with van der Waals surface area (Å²) in [5.74, 6) is 2.70. The summed E-state index contributed by atoms with van der Waals surface area (Å²) in [6.45, 7) is 4.40. The van der Waals surface area contributed by atoms with E-state index in [4.69, 9.17) is 9.57 Å². The zero-order valence-corrected chi connectivity index (χ0v) is 15.9. The highest BCUT2D eigenvalue weighted by atomic mass is 16.7. The molecule has 4 aliphatic carbocycles. The minimum Gasteiger partial charge on any atom is -0.448 e. The van der Waals surface area contributed by atoms with E-state index in [9.17, 15) is 4.79 Å². The van der Waals surface area contributed by atoms with Gasteiger partial charge in [-0.25, -0.2) is 4.79 Å². The van der Waals surface area contributed by atoms with Crippen molar-refractivity contribution in [3.8, 4) is 0 Å². The number of hydroxylamine groups is 1. The van der Waals surface area contributed by atoms with Gasteiger partial charge in [0.25, 0.3) is 0 Å². The normalized spacial score (nSPS) is 31.7. The topological polar surface area (TPSA) is 50.8 Å². The molecule has 142 valence electrons. The highest BCUT2D eigenvalue weighted by Crippen LogP contribution is 2.56. The van der Waals surface area contributed by atoms with Crippen molar-refractivity contribution in [2.75, 3.05) is 23.6 Å². The minimum atomic E-state index is -0.471. The highest BCUT2D eigenvalue weighted by molar-refractivity contribution is 5.86. The van der Waals surface area contributed by atoms with E-state index < -0.39 is 6.09 Å². The molecular weight excluding hydrogens is 328 g/mol. The van der Waals surface area contributed by atoms with Gasteiger partial charge in [-0.05, 0) is 88.3 Å². The Bertz CT molecular complexity index is 625. The molecule has 1 aromatic rings. The number of nitrogens with one attached hydrogen (secondary N) is 1. The maximum atomic E-state index is 12.2. The van der Waals surface area contributed by atoms with E-state index in [0.29, 0.717) is 18.9 Å². The van der Waals surface area contributed by atoms with Crippen LogP contribution in [-0.4, -0.2) is 24.8 Å². The Labute approximate surface area is 156 Å². The van der Waals surface area contributed by atoms with Gasteiger partial charge in [-0.3, -0.25) is 4.84 Å². The molecule has 0 aliphatic heterocycles. The van der Waals surface area contributed by atoms with E-state index in [-0.39, 0.29) is 5.54 Å². The molecule has 0 radical (unpaired) electrons. The molecular formula is C21H30N2O3. The van der Waals surface area contributed by atoms with Crippen molar-refractivity contribution in [2.24, 2.45) is 17.8 Å². The number of nitrogens with zero attached hydrogens (tertiary/aromatic N) is 1. The summed E-state index contributed by atoms with van der Waals surface area (Å²) >= 11 is 0. The first-order chi connectivity index (χ1) is 12.6. The van der Waals surface area contributed by atoms with E-state index in [1.165, 1.54) is 43.6 Å². The summed E-state index contributed by atoms with van der Waals surface area (Å²) in [6.07, 6.45) is 7.69. The third-order valence-corrected chi connectivity index (χ3v) is 6.22. The van der Waals surface area contributed by atoms with Crippen LogP contribution in [0.1, 0.15) is 52.4 Å². The van der Waals surface area contributed by atoms with Crippen LogP contribution < -0.4 is 10.4 Å². The zero-order chi connectivity index (χ0) is 18.1. The first-order valence-electron chi connectivity index (χ1n) is 10.1. The zero-order valence-electron chi connectivity index (χ0n) is 15.9. The maximum Gasteiger partial charge on any atom is 0.438 e. The molecule has 5 nitrogen and oxygen atoms in total. The van der Waals surface area contributed by atoms with Crippen molar-refractivity contribution in [3.05, 3.63) is 24.3 Å². The van der Waals surface area contributed by atoms with Gasteiger partial charge in [-0.15, -0.1) is 0 Å². The van der Waals surface area contributed by atoms with Crippen molar-refractivity contribution in [1.82, 2.24) is 0 Å². The second kappa shape index (κ2) is 7.10. The summed E-state index contributed by atoms with van der Waals surface area (Å²) in [7, 11) is 0. The molecule has 0 heterocycles. The third-order valence-electron chi connectivity index (χ3n) is 6.22. The summed E-state index contributed by atoms with van der Waals surface area (Å²) < 4.78 is 5.13. The molecule has 1 amide bonds. The number of carbonyl (C=O) groups is 1. The molecule has 1 aromatic carbocycles. The van der Waals surface area contributed by atoms with Crippen LogP contribution in [0.2, 0.25) is 0 Å². The Morgan fingerprint density at radius 2 is 1.77 bits per heavy atom. The van der Waals surface area contributed by atoms with Crippen molar-refractivity contribution in [2.45, 2.75) is 57.9 Å². The van der Waals surface area contributed by atoms with Crippen LogP contribution in [0, 0.1) is 17.8 Å². The quantitative estimate of drug-likeness (QED) is 0.729. The Balaban J connectivity index is 1.53. The van der Waals surface area contributed by atoms with E-state index in [0.717, 1.165) is 23.4 Å². The van der Waals surface area contributed by atoms with E-state index in [2.05, 4.69) is 11.4 Å². The number of amides is 1. The first-order valence-corrected chi connectivity index (χ1v) is 10.1. The lowest BCUT2D eigenvalue weighted by Crippen LogP contribution is -2.54. The second-order valence-corrected chi connectivity index (χ2v) is 8.28. The van der Waals surface area contributed by atoms with Gasteiger partial charge >= 0.3 is 6.09 Å². The van der Waals surface area contributed by atoms with E-state index >= 15 is 0 Å². The molecule has 0 atom stereocenters. The SMILES string of the molecule is CCOC(=O)N(OCC)c1cccc(NC23CC4CC(CC(C4)C2)C3)c1. The second-order valence-electron chi connectivity index (χ2n) is 8.28. The van der Waals surface area contributed by atoms with Gasteiger partial charge in [0.05, 0.1) is 18.9 Å². The maximum absolute atomic E-state index is 12.2. The number of rotatable bonds is 6. The monoisotopic (exact) mass is 358 g/mol. The van der Waals surface area contributed by atoms with E-state index in [1.54, 1.807) is 6.92 Å². The molecule has 5 heteroatoms. The Hall–Kier alpha value is -1.75. The standard InChI is InChI=1S/C21H30N2O3/c1-3-25-20(24)23(26-4-2)19-7-5-6-18(11-19)22-21-12-15-8-16(13-21)10-17(9-15)14-21/h5-7,11,15-17,22H,3-4,8-10,12-14H2,1-2H3. The van der Waals surface area contributed by atoms with Crippen molar-refractivity contribution < 1.29 is 14.4 Å². The number of ether oxygens (including phenoxy) is 1. The number of carbonyl (C=O) groups excluding carboxylic acids is 1. The minimum absolute atomic E-state index is 0.244. The average Bonchev–Trinajstić information content (AvgIpc) is 2.58. The summed E-state index contributed by atoms with van der Waals surface area (Å²) in [5.41, 5.74) is 2.02. The smallest absolute Gasteiger partial charge is 0.438 e. The molecule has 0 saturated heterocycles. The highest BCUT2D eigenvalue weighted by Gasteiger charge is 2.50. The van der Waals surface area contributed by atoms with Crippen LogP contribution in [0.3, 0.4) is 0 Å². The molecule has 0 unspecified atom stereocenters. The van der Waals surface area contributed by atoms with Gasteiger partial charge < -0.3 is 10.1 Å². The Morgan fingerprint density at radius 1 is 1.12 bits per heavy atom. The Morgan fingerprint density at radius 3 is 2.35 bits per heavy atom. The fourth-order valence-electron chi connectivity index (χ4n) is 5.82. The van der Waals surface area contributed by atoms with Crippen LogP contribution in [0.15, 0.2) is 24.3 Å². The third kappa shape index (κ3) is 3.41. The Kier molecular flexibility index (Phi) is 4.82. The summed E-state index contributed by atoms with van der Waals surface area (Å²) in [4.78, 5) is 17.7. The molecule has 0 aromatic heterocycles. The van der Waals surface area contributed by atoms with Gasteiger partial charge in [-0.1, -0.05) is 6.07 Å². The number of hydrogen-bond donors (Lipinski definition) is 1. The first kappa shape index (κ1) is 17.7. The molecule has 26 heavy (non-hydrogen) atoms. The van der Waals surface area contributed by atoms with Crippen LogP contribution in [-0.2, 0) is 9.57 Å². The van der Waals surface area contributed by atoms with Gasteiger partial charge in [0.15, 0.2) is 0 Å². The van der Waals surface area contributed by atoms with Gasteiger partial charge in [0, 0.05) is 11.2 Å². The lowest BCUT2D eigenvalue weighted by Gasteiger charge is -2.57. The largest absolute Gasteiger partial charge is 0.448 e. The lowest BCUT2D eigenvalue weighted by atomic mass is 9.53. The van der Waals surface area contributed by atoms with Crippen LogP contribution in [0.25, 0.3) is 0 Å². The van der Waals surface area contributed by atoms with Gasteiger partial charge in [0.1, 0.15) is 0 Å². The van der Waals surface area contributed by atoms with E-state index in [1.807, 2.05) is 25.1 Å². The van der Waals surface area contributed by atoms with Gasteiger partial charge in [-0.2, -0.15) is 5.06 Å².